The van der Waals surface area contributed by atoms with Gasteiger partial charge in [-0.3, -0.25) is 4.79 Å². The fraction of sp³-hybridized carbons (Fsp3) is 0.381. The monoisotopic (exact) mass is 376 g/mol. The summed E-state index contributed by atoms with van der Waals surface area (Å²) >= 11 is 0. The Labute approximate surface area is 164 Å². The van der Waals surface area contributed by atoms with Crippen molar-refractivity contribution in [2.75, 3.05) is 31.2 Å². The van der Waals surface area contributed by atoms with Crippen molar-refractivity contribution in [2.45, 2.75) is 24.8 Å². The molecule has 2 aromatic rings. The Morgan fingerprint density at radius 3 is 2.54 bits per heavy atom. The lowest BCUT2D eigenvalue weighted by molar-refractivity contribution is -0.125. The molecule has 0 unspecified atom stereocenters. The van der Waals surface area contributed by atoms with Gasteiger partial charge in [0.15, 0.2) is 0 Å². The molecule has 144 valence electrons. The van der Waals surface area contributed by atoms with Crippen LogP contribution in [-0.4, -0.2) is 42.6 Å². The van der Waals surface area contributed by atoms with E-state index in [4.69, 9.17) is 5.53 Å². The minimum Gasteiger partial charge on any atom is -0.339 e. The molecule has 2 fully saturated rings. The van der Waals surface area contributed by atoms with Crippen LogP contribution in [0.15, 0.2) is 59.7 Å². The topological polar surface area (TPSA) is 84.3 Å². The van der Waals surface area contributed by atoms with Crippen molar-refractivity contribution in [3.8, 4) is 0 Å². The van der Waals surface area contributed by atoms with E-state index in [2.05, 4.69) is 37.3 Å². The zero-order chi connectivity index (χ0) is 19.4. The van der Waals surface area contributed by atoms with Gasteiger partial charge in [-0.15, -0.1) is 0 Å². The van der Waals surface area contributed by atoms with E-state index in [1.54, 1.807) is 0 Å². The summed E-state index contributed by atoms with van der Waals surface area (Å²) in [5.41, 5.74) is 11.1. The van der Waals surface area contributed by atoms with Crippen LogP contribution in [0, 0.1) is 0 Å². The maximum Gasteiger partial charge on any atom is 0.247 e. The van der Waals surface area contributed by atoms with Gasteiger partial charge in [-0.05, 0) is 42.5 Å². The van der Waals surface area contributed by atoms with Crippen LogP contribution in [0.25, 0.3) is 10.4 Å². The SMILES string of the molecule is [N-]=[N+]=Nc1ccccc1CCN1CCC2(CC1)C(=O)NCN2c1ccccc1. The van der Waals surface area contributed by atoms with Gasteiger partial charge in [0, 0.05) is 35.9 Å². The summed E-state index contributed by atoms with van der Waals surface area (Å²) in [7, 11) is 0. The van der Waals surface area contributed by atoms with E-state index < -0.39 is 5.54 Å². The lowest BCUT2D eigenvalue weighted by Crippen LogP contribution is -2.56. The highest BCUT2D eigenvalue weighted by molar-refractivity contribution is 5.93. The highest BCUT2D eigenvalue weighted by Gasteiger charge is 2.50. The molecule has 1 amide bonds. The Morgan fingerprint density at radius 1 is 1.07 bits per heavy atom. The molecule has 1 spiro atoms. The normalized spacial score (nSPS) is 18.7. The van der Waals surface area contributed by atoms with Crippen molar-refractivity contribution >= 4 is 17.3 Å². The van der Waals surface area contributed by atoms with E-state index in [0.717, 1.165) is 50.1 Å². The Hall–Kier alpha value is -3.02. The fourth-order valence-corrected chi connectivity index (χ4v) is 4.33. The van der Waals surface area contributed by atoms with Crippen molar-refractivity contribution in [1.82, 2.24) is 10.2 Å². The van der Waals surface area contributed by atoms with E-state index in [1.165, 1.54) is 0 Å². The first-order valence-corrected chi connectivity index (χ1v) is 9.69. The molecule has 7 nitrogen and oxygen atoms in total. The van der Waals surface area contributed by atoms with E-state index in [1.807, 2.05) is 42.5 Å². The van der Waals surface area contributed by atoms with Gasteiger partial charge in [0.25, 0.3) is 0 Å². The second-order valence-electron chi connectivity index (χ2n) is 7.37. The molecule has 28 heavy (non-hydrogen) atoms. The summed E-state index contributed by atoms with van der Waals surface area (Å²) in [6.45, 7) is 3.21. The molecular formula is C21H24N6O. The summed E-state index contributed by atoms with van der Waals surface area (Å²) < 4.78 is 0. The molecule has 2 saturated heterocycles. The van der Waals surface area contributed by atoms with Crippen LogP contribution in [-0.2, 0) is 11.2 Å². The Morgan fingerprint density at radius 2 is 1.79 bits per heavy atom. The number of carbonyl (C=O) groups is 1. The number of amides is 1. The number of nitrogens with one attached hydrogen (secondary N) is 1. The first kappa shape index (κ1) is 18.3. The van der Waals surface area contributed by atoms with Crippen molar-refractivity contribution in [3.05, 3.63) is 70.6 Å². The number of hydrogen-bond donors (Lipinski definition) is 1. The van der Waals surface area contributed by atoms with Crippen LogP contribution in [0.4, 0.5) is 11.4 Å². The van der Waals surface area contributed by atoms with Crippen LogP contribution in [0.1, 0.15) is 18.4 Å². The highest BCUT2D eigenvalue weighted by Crippen LogP contribution is 2.36. The standard InChI is InChI=1S/C21H24N6O/c22-25-24-19-9-5-4-6-17(19)10-13-26-14-11-21(12-15-26)20(28)23-16-27(21)18-7-2-1-3-8-18/h1-9H,10-16H2,(H,23,28). The summed E-state index contributed by atoms with van der Waals surface area (Å²) in [4.78, 5) is 20.3. The molecule has 0 saturated carbocycles. The number of rotatable bonds is 5. The van der Waals surface area contributed by atoms with Crippen LogP contribution in [0.2, 0.25) is 0 Å². The molecule has 4 rings (SSSR count). The quantitative estimate of drug-likeness (QED) is 0.491. The summed E-state index contributed by atoms with van der Waals surface area (Å²) in [6.07, 6.45) is 2.45. The van der Waals surface area contributed by atoms with E-state index in [0.29, 0.717) is 12.4 Å². The van der Waals surface area contributed by atoms with Gasteiger partial charge in [0.1, 0.15) is 5.54 Å². The number of nitrogens with zero attached hydrogens (tertiary/aromatic N) is 5. The maximum atomic E-state index is 12.7. The molecular weight excluding hydrogens is 352 g/mol. The zero-order valence-corrected chi connectivity index (χ0v) is 15.8. The lowest BCUT2D eigenvalue weighted by atomic mass is 9.85. The fourth-order valence-electron chi connectivity index (χ4n) is 4.33. The zero-order valence-electron chi connectivity index (χ0n) is 15.8. The van der Waals surface area contributed by atoms with Crippen molar-refractivity contribution in [1.29, 1.82) is 0 Å². The van der Waals surface area contributed by atoms with Crippen LogP contribution >= 0.6 is 0 Å². The highest BCUT2D eigenvalue weighted by atomic mass is 16.2. The number of hydrogen-bond acceptors (Lipinski definition) is 4. The van der Waals surface area contributed by atoms with Crippen LogP contribution in [0.3, 0.4) is 0 Å². The minimum absolute atomic E-state index is 0.143. The van der Waals surface area contributed by atoms with Crippen molar-refractivity contribution < 1.29 is 4.79 Å². The second kappa shape index (κ2) is 7.92. The number of carbonyl (C=O) groups excluding carboxylic acids is 1. The van der Waals surface area contributed by atoms with E-state index >= 15 is 0 Å². The third-order valence-electron chi connectivity index (χ3n) is 5.93. The van der Waals surface area contributed by atoms with Gasteiger partial charge in [-0.2, -0.15) is 0 Å². The molecule has 0 aliphatic carbocycles. The predicted molar refractivity (Wildman–Crippen MR) is 109 cm³/mol. The molecule has 2 aliphatic rings. The molecule has 0 radical (unpaired) electrons. The van der Waals surface area contributed by atoms with Gasteiger partial charge in [-0.1, -0.05) is 47.6 Å². The maximum absolute atomic E-state index is 12.7. The van der Waals surface area contributed by atoms with E-state index in [9.17, 15) is 4.79 Å². The minimum atomic E-state index is -0.444. The average Bonchev–Trinajstić information content (AvgIpc) is 3.05. The van der Waals surface area contributed by atoms with Crippen molar-refractivity contribution in [2.24, 2.45) is 5.11 Å². The predicted octanol–water partition coefficient (Wildman–Crippen LogP) is 3.60. The second-order valence-corrected chi connectivity index (χ2v) is 7.37. The Bertz CT molecular complexity index is 885. The van der Waals surface area contributed by atoms with Gasteiger partial charge in [-0.25, -0.2) is 0 Å². The van der Waals surface area contributed by atoms with Crippen LogP contribution < -0.4 is 10.2 Å². The Kier molecular flexibility index (Phi) is 5.19. The summed E-state index contributed by atoms with van der Waals surface area (Å²) in [5.74, 6) is 0.143. The van der Waals surface area contributed by atoms with Crippen LogP contribution in [0.5, 0.6) is 0 Å². The molecule has 0 bridgehead atoms. The number of piperidine rings is 1. The first-order chi connectivity index (χ1) is 13.7. The summed E-state index contributed by atoms with van der Waals surface area (Å²) in [6, 6.07) is 17.9. The Balaban J connectivity index is 1.41. The lowest BCUT2D eigenvalue weighted by Gasteiger charge is -2.43. The van der Waals surface area contributed by atoms with Gasteiger partial charge in [0.2, 0.25) is 5.91 Å². The van der Waals surface area contributed by atoms with E-state index in [-0.39, 0.29) is 5.91 Å². The number of anilines is 1. The smallest absolute Gasteiger partial charge is 0.247 e. The number of para-hydroxylation sites is 1. The number of azide groups is 1. The molecule has 7 heteroatoms. The molecule has 0 atom stereocenters. The molecule has 2 heterocycles. The largest absolute Gasteiger partial charge is 0.339 e. The molecule has 0 aromatic heterocycles. The van der Waals surface area contributed by atoms with Gasteiger partial charge >= 0.3 is 0 Å². The average molecular weight is 376 g/mol. The third-order valence-corrected chi connectivity index (χ3v) is 5.93. The van der Waals surface area contributed by atoms with Crippen molar-refractivity contribution in [3.63, 3.8) is 0 Å². The number of likely N-dealkylation sites (tertiary alicyclic amines) is 1. The number of benzene rings is 2. The molecule has 2 aliphatic heterocycles. The molecule has 2 aromatic carbocycles. The van der Waals surface area contributed by atoms with Gasteiger partial charge in [0.05, 0.1) is 6.67 Å². The first-order valence-electron chi connectivity index (χ1n) is 9.69. The summed E-state index contributed by atoms with van der Waals surface area (Å²) in [5, 5.41) is 6.83. The third kappa shape index (κ3) is 3.42. The molecule has 1 N–H and O–H groups in total. The van der Waals surface area contributed by atoms with Gasteiger partial charge < -0.3 is 15.1 Å².